The monoisotopic (exact) mass is 238 g/mol. The van der Waals surface area contributed by atoms with Crippen molar-refractivity contribution in [3.8, 4) is 0 Å². The summed E-state index contributed by atoms with van der Waals surface area (Å²) in [5.41, 5.74) is 1.24. The van der Waals surface area contributed by atoms with Gasteiger partial charge in [0.15, 0.2) is 0 Å². The number of hydrogen-bond donors (Lipinski definition) is 1. The first-order valence-corrected chi connectivity index (χ1v) is 6.36. The molecule has 0 amide bonds. The van der Waals surface area contributed by atoms with Crippen molar-refractivity contribution < 1.29 is 4.74 Å². The molecule has 16 heavy (non-hydrogen) atoms. The first kappa shape index (κ1) is 13.6. The van der Waals surface area contributed by atoms with Crippen LogP contribution in [0.5, 0.6) is 0 Å². The van der Waals surface area contributed by atoms with Crippen LogP contribution in [0.2, 0.25) is 0 Å². The van der Waals surface area contributed by atoms with Gasteiger partial charge >= 0.3 is 0 Å². The van der Waals surface area contributed by atoms with Crippen LogP contribution in [0.1, 0.15) is 39.4 Å². The molecule has 0 saturated carbocycles. The van der Waals surface area contributed by atoms with Crippen molar-refractivity contribution in [3.05, 3.63) is 29.8 Å². The topological polar surface area (TPSA) is 9.23 Å². The summed E-state index contributed by atoms with van der Waals surface area (Å²) in [5, 5.41) is 0. The lowest BCUT2D eigenvalue weighted by Gasteiger charge is -2.23. The van der Waals surface area contributed by atoms with Crippen LogP contribution in [0, 0.1) is 11.8 Å². The SMILES string of the molecule is CC(C)CO[C@@H](c1ccc(S)cc1)C(C)C. The van der Waals surface area contributed by atoms with Gasteiger partial charge in [0.05, 0.1) is 6.10 Å². The van der Waals surface area contributed by atoms with E-state index in [0.29, 0.717) is 11.8 Å². The molecule has 1 rings (SSSR count). The van der Waals surface area contributed by atoms with E-state index >= 15 is 0 Å². The Bertz CT molecular complexity index is 303. The minimum Gasteiger partial charge on any atom is -0.373 e. The van der Waals surface area contributed by atoms with Crippen molar-refractivity contribution in [1.29, 1.82) is 0 Å². The highest BCUT2D eigenvalue weighted by Crippen LogP contribution is 2.27. The summed E-state index contributed by atoms with van der Waals surface area (Å²) in [6.07, 6.45) is 0.191. The predicted octanol–water partition coefficient (Wildman–Crippen LogP) is 4.35. The van der Waals surface area contributed by atoms with Gasteiger partial charge in [0.1, 0.15) is 0 Å². The fraction of sp³-hybridized carbons (Fsp3) is 0.571. The van der Waals surface area contributed by atoms with Gasteiger partial charge < -0.3 is 4.74 Å². The quantitative estimate of drug-likeness (QED) is 0.751. The third-order valence-electron chi connectivity index (χ3n) is 2.44. The molecule has 0 unspecified atom stereocenters. The van der Waals surface area contributed by atoms with Crippen LogP contribution in [0.25, 0.3) is 0 Å². The Morgan fingerprint density at radius 2 is 1.62 bits per heavy atom. The van der Waals surface area contributed by atoms with Gasteiger partial charge in [0, 0.05) is 11.5 Å². The maximum atomic E-state index is 5.97. The highest BCUT2D eigenvalue weighted by atomic mass is 32.1. The van der Waals surface area contributed by atoms with Crippen LogP contribution >= 0.6 is 12.6 Å². The fourth-order valence-corrected chi connectivity index (χ4v) is 1.78. The molecule has 1 atom stereocenters. The van der Waals surface area contributed by atoms with Crippen LogP contribution in [0.4, 0.5) is 0 Å². The molecule has 0 spiro atoms. The van der Waals surface area contributed by atoms with Gasteiger partial charge in [-0.2, -0.15) is 0 Å². The molecule has 0 fully saturated rings. The second kappa shape index (κ2) is 6.31. The lowest BCUT2D eigenvalue weighted by Crippen LogP contribution is -2.14. The van der Waals surface area contributed by atoms with Gasteiger partial charge in [0.25, 0.3) is 0 Å². The minimum atomic E-state index is 0.191. The predicted molar refractivity (Wildman–Crippen MR) is 72.1 cm³/mol. The van der Waals surface area contributed by atoms with E-state index in [1.54, 1.807) is 0 Å². The standard InChI is InChI=1S/C14H22OS/c1-10(2)9-15-14(11(3)4)12-5-7-13(16)8-6-12/h5-8,10-11,14,16H,9H2,1-4H3/t14-/m1/s1. The zero-order chi connectivity index (χ0) is 12.1. The number of hydrogen-bond acceptors (Lipinski definition) is 2. The molecule has 1 aromatic rings. The Balaban J connectivity index is 2.73. The molecule has 2 heteroatoms. The van der Waals surface area contributed by atoms with E-state index in [0.717, 1.165) is 11.5 Å². The molecule has 0 saturated heterocycles. The molecular weight excluding hydrogens is 216 g/mol. The Morgan fingerprint density at radius 1 is 1.06 bits per heavy atom. The van der Waals surface area contributed by atoms with E-state index in [1.807, 2.05) is 12.1 Å². The molecule has 1 nitrogen and oxygen atoms in total. The normalized spacial score (nSPS) is 13.4. The smallest absolute Gasteiger partial charge is 0.0847 e. The highest BCUT2D eigenvalue weighted by Gasteiger charge is 2.16. The average Bonchev–Trinajstić information content (AvgIpc) is 2.20. The summed E-state index contributed by atoms with van der Waals surface area (Å²) in [6.45, 7) is 9.55. The number of thiol groups is 1. The second-order valence-corrected chi connectivity index (χ2v) is 5.50. The Morgan fingerprint density at radius 3 is 2.06 bits per heavy atom. The Labute approximate surface area is 105 Å². The summed E-state index contributed by atoms with van der Waals surface area (Å²) in [4.78, 5) is 0.995. The third-order valence-corrected chi connectivity index (χ3v) is 2.73. The molecule has 0 aliphatic heterocycles. The zero-order valence-electron chi connectivity index (χ0n) is 10.6. The number of ether oxygens (including phenoxy) is 1. The molecule has 0 radical (unpaired) electrons. The lowest BCUT2D eigenvalue weighted by molar-refractivity contribution is 0.00612. The first-order valence-electron chi connectivity index (χ1n) is 5.91. The van der Waals surface area contributed by atoms with Crippen LogP contribution in [0.3, 0.4) is 0 Å². The van der Waals surface area contributed by atoms with E-state index in [4.69, 9.17) is 4.74 Å². The minimum absolute atomic E-state index is 0.191. The summed E-state index contributed by atoms with van der Waals surface area (Å²) in [6, 6.07) is 8.25. The summed E-state index contributed by atoms with van der Waals surface area (Å²) in [7, 11) is 0. The lowest BCUT2D eigenvalue weighted by atomic mass is 9.99. The van der Waals surface area contributed by atoms with Crippen LogP contribution in [0.15, 0.2) is 29.2 Å². The first-order chi connectivity index (χ1) is 7.50. The van der Waals surface area contributed by atoms with Gasteiger partial charge in [-0.3, -0.25) is 0 Å². The van der Waals surface area contributed by atoms with Crippen LogP contribution < -0.4 is 0 Å². The van der Waals surface area contributed by atoms with Gasteiger partial charge in [-0.15, -0.1) is 12.6 Å². The van der Waals surface area contributed by atoms with Crippen LogP contribution in [-0.4, -0.2) is 6.61 Å². The molecule has 1 aromatic carbocycles. The molecule has 0 aliphatic rings. The van der Waals surface area contributed by atoms with Crippen molar-refractivity contribution >= 4 is 12.6 Å². The van der Waals surface area contributed by atoms with Crippen molar-refractivity contribution in [1.82, 2.24) is 0 Å². The van der Waals surface area contributed by atoms with E-state index < -0.39 is 0 Å². The van der Waals surface area contributed by atoms with Crippen molar-refractivity contribution in [3.63, 3.8) is 0 Å². The summed E-state index contributed by atoms with van der Waals surface area (Å²) >= 11 is 4.30. The van der Waals surface area contributed by atoms with Crippen LogP contribution in [-0.2, 0) is 4.74 Å². The van der Waals surface area contributed by atoms with E-state index in [-0.39, 0.29) is 6.10 Å². The maximum Gasteiger partial charge on any atom is 0.0847 e. The Hall–Kier alpha value is -0.470. The second-order valence-electron chi connectivity index (χ2n) is 4.98. The average molecular weight is 238 g/mol. The molecule has 0 bridgehead atoms. The van der Waals surface area contributed by atoms with E-state index in [9.17, 15) is 0 Å². The molecule has 0 N–H and O–H groups in total. The van der Waals surface area contributed by atoms with Gasteiger partial charge in [-0.1, -0.05) is 39.8 Å². The Kier molecular flexibility index (Phi) is 5.36. The third kappa shape index (κ3) is 4.18. The highest BCUT2D eigenvalue weighted by molar-refractivity contribution is 7.80. The molecule has 90 valence electrons. The number of benzene rings is 1. The van der Waals surface area contributed by atoms with E-state index in [2.05, 4.69) is 52.5 Å². The molecule has 0 aromatic heterocycles. The zero-order valence-corrected chi connectivity index (χ0v) is 11.5. The summed E-state index contributed by atoms with van der Waals surface area (Å²) in [5.74, 6) is 1.06. The largest absolute Gasteiger partial charge is 0.373 e. The van der Waals surface area contributed by atoms with Crippen molar-refractivity contribution in [2.24, 2.45) is 11.8 Å². The van der Waals surface area contributed by atoms with Gasteiger partial charge in [-0.05, 0) is 29.5 Å². The molecule has 0 aliphatic carbocycles. The van der Waals surface area contributed by atoms with Crippen molar-refractivity contribution in [2.45, 2.75) is 38.7 Å². The van der Waals surface area contributed by atoms with Crippen molar-refractivity contribution in [2.75, 3.05) is 6.61 Å². The fourth-order valence-electron chi connectivity index (χ4n) is 1.63. The molecule has 0 heterocycles. The van der Waals surface area contributed by atoms with Gasteiger partial charge in [0.2, 0.25) is 0 Å². The number of rotatable bonds is 5. The van der Waals surface area contributed by atoms with E-state index in [1.165, 1.54) is 5.56 Å². The summed E-state index contributed by atoms with van der Waals surface area (Å²) < 4.78 is 5.97. The van der Waals surface area contributed by atoms with Gasteiger partial charge in [-0.25, -0.2) is 0 Å². The molecular formula is C14H22OS. The maximum absolute atomic E-state index is 5.97.